The molecule has 2 fully saturated rings. The summed E-state index contributed by atoms with van der Waals surface area (Å²) in [6.07, 6.45) is 2.29. The molecule has 1 aromatic rings. The first kappa shape index (κ1) is 17.2. The highest BCUT2D eigenvalue weighted by atomic mass is 35.5. The molecule has 1 N–H and O–H groups in total. The predicted molar refractivity (Wildman–Crippen MR) is 89.8 cm³/mol. The number of morpholine rings is 1. The number of aliphatic carboxylic acids is 1. The number of hydrogen-bond acceptors (Lipinski definition) is 3. The van der Waals surface area contributed by atoms with Crippen LogP contribution >= 0.6 is 11.6 Å². The summed E-state index contributed by atoms with van der Waals surface area (Å²) in [7, 11) is 0. The second-order valence-corrected chi connectivity index (χ2v) is 6.96. The third kappa shape index (κ3) is 3.73. The number of carboxylic acid groups (broad SMARTS) is 1. The summed E-state index contributed by atoms with van der Waals surface area (Å²) in [6.45, 7) is 1.58. The van der Waals surface area contributed by atoms with E-state index in [4.69, 9.17) is 21.4 Å². The largest absolute Gasteiger partial charge is 0.481 e. The average Bonchev–Trinajstić information content (AvgIpc) is 2.61. The zero-order valence-electron chi connectivity index (χ0n) is 13.5. The van der Waals surface area contributed by atoms with Crippen molar-refractivity contribution in [1.29, 1.82) is 0 Å². The number of ether oxygens (including phenoxy) is 1. The van der Waals surface area contributed by atoms with Crippen LogP contribution in [0.4, 0.5) is 0 Å². The van der Waals surface area contributed by atoms with E-state index in [1.54, 1.807) is 0 Å². The van der Waals surface area contributed by atoms with Gasteiger partial charge < -0.3 is 14.7 Å². The van der Waals surface area contributed by atoms with E-state index in [-0.39, 0.29) is 23.8 Å². The van der Waals surface area contributed by atoms with Crippen LogP contribution in [0.5, 0.6) is 0 Å². The van der Waals surface area contributed by atoms with Gasteiger partial charge in [0.2, 0.25) is 5.91 Å². The molecule has 1 amide bonds. The van der Waals surface area contributed by atoms with Crippen molar-refractivity contribution in [3.05, 3.63) is 34.9 Å². The lowest BCUT2D eigenvalue weighted by atomic mass is 9.81. The van der Waals surface area contributed by atoms with Gasteiger partial charge in [-0.1, -0.05) is 29.8 Å². The van der Waals surface area contributed by atoms with Crippen molar-refractivity contribution in [1.82, 2.24) is 4.90 Å². The third-order valence-corrected chi connectivity index (χ3v) is 5.40. The molecule has 2 aliphatic rings. The SMILES string of the molecule is O=C(O)C1CCC(C(=O)N2CCOC(c3ccccc3Cl)C2)CC1. The molecule has 0 spiro atoms. The molecule has 0 bridgehead atoms. The third-order valence-electron chi connectivity index (χ3n) is 5.06. The van der Waals surface area contributed by atoms with Crippen LogP contribution in [0.15, 0.2) is 24.3 Å². The Labute approximate surface area is 146 Å². The molecule has 1 unspecified atom stereocenters. The van der Waals surface area contributed by atoms with Crippen LogP contribution in [0.25, 0.3) is 0 Å². The molecule has 24 heavy (non-hydrogen) atoms. The molecule has 1 saturated heterocycles. The van der Waals surface area contributed by atoms with E-state index in [0.717, 1.165) is 5.56 Å². The Kier molecular flexibility index (Phi) is 5.41. The lowest BCUT2D eigenvalue weighted by Gasteiger charge is -2.37. The van der Waals surface area contributed by atoms with Crippen molar-refractivity contribution in [2.75, 3.05) is 19.7 Å². The molecule has 1 aliphatic carbocycles. The molecule has 0 radical (unpaired) electrons. The molecular weight excluding hydrogens is 330 g/mol. The zero-order chi connectivity index (χ0) is 17.1. The van der Waals surface area contributed by atoms with Gasteiger partial charge in [-0.2, -0.15) is 0 Å². The number of amides is 1. The molecule has 1 heterocycles. The summed E-state index contributed by atoms with van der Waals surface area (Å²) in [5, 5.41) is 9.73. The van der Waals surface area contributed by atoms with Crippen molar-refractivity contribution in [2.45, 2.75) is 31.8 Å². The second kappa shape index (κ2) is 7.53. The summed E-state index contributed by atoms with van der Waals surface area (Å²) < 4.78 is 5.81. The Balaban J connectivity index is 1.62. The van der Waals surface area contributed by atoms with Gasteiger partial charge in [0.1, 0.15) is 6.10 Å². The Bertz CT molecular complexity index is 613. The molecule has 1 aliphatic heterocycles. The van der Waals surface area contributed by atoms with E-state index in [9.17, 15) is 9.59 Å². The first-order valence-electron chi connectivity index (χ1n) is 8.44. The standard InChI is InChI=1S/C18H22ClNO4/c19-15-4-2-1-3-14(15)16-11-20(9-10-24-16)17(21)12-5-7-13(8-6-12)18(22)23/h1-4,12-13,16H,5-11H2,(H,22,23). The first-order valence-corrected chi connectivity index (χ1v) is 8.81. The number of benzene rings is 1. The van der Waals surface area contributed by atoms with E-state index in [0.29, 0.717) is 50.4 Å². The monoisotopic (exact) mass is 351 g/mol. The van der Waals surface area contributed by atoms with Gasteiger partial charge >= 0.3 is 5.97 Å². The maximum atomic E-state index is 12.8. The van der Waals surface area contributed by atoms with Gasteiger partial charge in [0.05, 0.1) is 19.1 Å². The highest BCUT2D eigenvalue weighted by molar-refractivity contribution is 6.31. The normalized spacial score (nSPS) is 27.7. The van der Waals surface area contributed by atoms with Gasteiger partial charge in [-0.05, 0) is 31.7 Å². The van der Waals surface area contributed by atoms with E-state index in [1.807, 2.05) is 29.2 Å². The topological polar surface area (TPSA) is 66.8 Å². The van der Waals surface area contributed by atoms with Crippen LogP contribution < -0.4 is 0 Å². The Hall–Kier alpha value is -1.59. The number of hydrogen-bond donors (Lipinski definition) is 1. The lowest BCUT2D eigenvalue weighted by molar-refractivity contribution is -0.148. The van der Waals surface area contributed by atoms with Crippen molar-refractivity contribution < 1.29 is 19.4 Å². The summed E-state index contributed by atoms with van der Waals surface area (Å²) in [5.41, 5.74) is 0.909. The molecule has 5 nitrogen and oxygen atoms in total. The van der Waals surface area contributed by atoms with E-state index < -0.39 is 5.97 Å². The number of halogens is 1. The molecule has 130 valence electrons. The molecule has 1 saturated carbocycles. The Morgan fingerprint density at radius 3 is 2.46 bits per heavy atom. The zero-order valence-corrected chi connectivity index (χ0v) is 14.2. The van der Waals surface area contributed by atoms with Gasteiger partial charge in [-0.15, -0.1) is 0 Å². The molecule has 3 rings (SSSR count). The van der Waals surface area contributed by atoms with Crippen molar-refractivity contribution in [3.63, 3.8) is 0 Å². The smallest absolute Gasteiger partial charge is 0.306 e. The minimum Gasteiger partial charge on any atom is -0.481 e. The van der Waals surface area contributed by atoms with E-state index >= 15 is 0 Å². The maximum absolute atomic E-state index is 12.8. The minimum absolute atomic E-state index is 0.0643. The van der Waals surface area contributed by atoms with Gasteiger partial charge in [0.25, 0.3) is 0 Å². The van der Waals surface area contributed by atoms with Gasteiger partial charge in [0.15, 0.2) is 0 Å². The summed E-state index contributed by atoms with van der Waals surface area (Å²) in [4.78, 5) is 25.7. The first-order chi connectivity index (χ1) is 11.6. The van der Waals surface area contributed by atoms with Crippen LogP contribution in [-0.4, -0.2) is 41.6 Å². The Morgan fingerprint density at radius 2 is 1.79 bits per heavy atom. The Morgan fingerprint density at radius 1 is 1.12 bits per heavy atom. The average molecular weight is 352 g/mol. The summed E-state index contributed by atoms with van der Waals surface area (Å²) in [6, 6.07) is 7.55. The van der Waals surface area contributed by atoms with Crippen molar-refractivity contribution >= 4 is 23.5 Å². The van der Waals surface area contributed by atoms with Crippen LogP contribution in [0, 0.1) is 11.8 Å². The molecule has 1 aromatic carbocycles. The lowest BCUT2D eigenvalue weighted by Crippen LogP contribution is -2.45. The van der Waals surface area contributed by atoms with Crippen LogP contribution in [-0.2, 0) is 14.3 Å². The molecule has 1 atom stereocenters. The van der Waals surface area contributed by atoms with Gasteiger partial charge in [-0.3, -0.25) is 9.59 Å². The summed E-state index contributed by atoms with van der Waals surface area (Å²) >= 11 is 6.24. The van der Waals surface area contributed by atoms with Crippen LogP contribution in [0.3, 0.4) is 0 Å². The number of carboxylic acids is 1. The number of carbonyl (C=O) groups is 2. The quantitative estimate of drug-likeness (QED) is 0.908. The highest BCUT2D eigenvalue weighted by Crippen LogP contribution is 2.33. The number of carbonyl (C=O) groups excluding carboxylic acids is 1. The van der Waals surface area contributed by atoms with E-state index in [1.165, 1.54) is 0 Å². The fourth-order valence-electron chi connectivity index (χ4n) is 3.62. The highest BCUT2D eigenvalue weighted by Gasteiger charge is 2.34. The van der Waals surface area contributed by atoms with Gasteiger partial charge in [0, 0.05) is 23.0 Å². The van der Waals surface area contributed by atoms with Crippen LogP contribution in [0.1, 0.15) is 37.4 Å². The molecule has 0 aromatic heterocycles. The van der Waals surface area contributed by atoms with Crippen LogP contribution in [0.2, 0.25) is 5.02 Å². The van der Waals surface area contributed by atoms with Crippen molar-refractivity contribution in [2.24, 2.45) is 11.8 Å². The molecule has 6 heteroatoms. The maximum Gasteiger partial charge on any atom is 0.306 e. The van der Waals surface area contributed by atoms with E-state index in [2.05, 4.69) is 0 Å². The minimum atomic E-state index is -0.744. The number of rotatable bonds is 3. The predicted octanol–water partition coefficient (Wildman–Crippen LogP) is 3.13. The van der Waals surface area contributed by atoms with Gasteiger partial charge in [-0.25, -0.2) is 0 Å². The fourth-order valence-corrected chi connectivity index (χ4v) is 3.88. The second-order valence-electron chi connectivity index (χ2n) is 6.55. The fraction of sp³-hybridized carbons (Fsp3) is 0.556. The molecular formula is C18H22ClNO4. The summed E-state index contributed by atoms with van der Waals surface area (Å²) in [5.74, 6) is -0.981. The number of nitrogens with zero attached hydrogens (tertiary/aromatic N) is 1. The van der Waals surface area contributed by atoms with Crippen molar-refractivity contribution in [3.8, 4) is 0 Å².